The number of ether oxygens (including phenoxy) is 2. The fourth-order valence-electron chi connectivity index (χ4n) is 2.99. The number of carboxylic acids is 1. The van der Waals surface area contributed by atoms with Crippen molar-refractivity contribution >= 4 is 11.9 Å². The van der Waals surface area contributed by atoms with E-state index in [0.717, 1.165) is 6.07 Å². The molecule has 1 aliphatic rings. The Labute approximate surface area is 159 Å². The smallest absolute Gasteiger partial charge is 0.306 e. The third-order valence-electron chi connectivity index (χ3n) is 4.32. The number of hydrogen-bond donors (Lipinski definition) is 5. The van der Waals surface area contributed by atoms with Crippen molar-refractivity contribution in [3.63, 3.8) is 0 Å². The van der Waals surface area contributed by atoms with Crippen molar-refractivity contribution in [2.24, 2.45) is 0 Å². The van der Waals surface area contributed by atoms with Gasteiger partial charge in [-0.15, -0.1) is 0 Å². The monoisotopic (exact) mass is 390 g/mol. The van der Waals surface area contributed by atoms with Gasteiger partial charge >= 0.3 is 11.9 Å². The molecular formula is C19H18O9. The zero-order chi connectivity index (χ0) is 20.4. The minimum Gasteiger partial charge on any atom is -0.508 e. The first kappa shape index (κ1) is 19.2. The van der Waals surface area contributed by atoms with Crippen molar-refractivity contribution in [2.45, 2.75) is 31.5 Å². The predicted octanol–water partition coefficient (Wildman–Crippen LogP) is 1.96. The van der Waals surface area contributed by atoms with E-state index in [4.69, 9.17) is 14.6 Å². The van der Waals surface area contributed by atoms with Crippen LogP contribution in [0.5, 0.6) is 28.7 Å². The molecule has 9 nitrogen and oxygen atoms in total. The van der Waals surface area contributed by atoms with E-state index in [9.17, 15) is 30.0 Å². The summed E-state index contributed by atoms with van der Waals surface area (Å²) in [4.78, 5) is 22.7. The quantitative estimate of drug-likeness (QED) is 0.381. The van der Waals surface area contributed by atoms with E-state index in [1.165, 1.54) is 24.3 Å². The minimum absolute atomic E-state index is 0.0343. The average Bonchev–Trinajstić information content (AvgIpc) is 2.62. The molecule has 28 heavy (non-hydrogen) atoms. The van der Waals surface area contributed by atoms with Gasteiger partial charge in [-0.2, -0.15) is 0 Å². The van der Waals surface area contributed by atoms with Crippen molar-refractivity contribution in [1.82, 2.24) is 0 Å². The Morgan fingerprint density at radius 1 is 1.00 bits per heavy atom. The molecule has 1 aliphatic heterocycles. The lowest BCUT2D eigenvalue weighted by Gasteiger charge is -2.34. The molecule has 0 aliphatic carbocycles. The highest BCUT2D eigenvalue weighted by Gasteiger charge is 2.36. The molecule has 2 aromatic carbocycles. The first-order valence-corrected chi connectivity index (χ1v) is 8.39. The zero-order valence-electron chi connectivity index (χ0n) is 14.5. The molecule has 1 heterocycles. The molecule has 3 rings (SSSR count). The maximum Gasteiger partial charge on any atom is 0.306 e. The Morgan fingerprint density at radius 3 is 2.43 bits per heavy atom. The Morgan fingerprint density at radius 2 is 1.75 bits per heavy atom. The van der Waals surface area contributed by atoms with Crippen LogP contribution in [0.2, 0.25) is 0 Å². The van der Waals surface area contributed by atoms with Gasteiger partial charge in [0.2, 0.25) is 0 Å². The lowest BCUT2D eigenvalue weighted by atomic mass is 9.93. The molecule has 9 heteroatoms. The van der Waals surface area contributed by atoms with Crippen molar-refractivity contribution in [1.29, 1.82) is 0 Å². The molecule has 2 unspecified atom stereocenters. The van der Waals surface area contributed by atoms with Gasteiger partial charge in [-0.3, -0.25) is 9.59 Å². The van der Waals surface area contributed by atoms with Gasteiger partial charge in [-0.25, -0.2) is 0 Å². The van der Waals surface area contributed by atoms with Crippen LogP contribution in [0.15, 0.2) is 30.3 Å². The highest BCUT2D eigenvalue weighted by Crippen LogP contribution is 2.43. The maximum absolute atomic E-state index is 12.0. The van der Waals surface area contributed by atoms with E-state index in [2.05, 4.69) is 0 Å². The summed E-state index contributed by atoms with van der Waals surface area (Å²) in [5.74, 6) is -2.94. The van der Waals surface area contributed by atoms with E-state index < -0.39 is 36.3 Å². The standard InChI is InChI=1S/C19H18O9/c20-10-6-13(22)11-8-16(27-18(26)4-3-17(24)25)19(28-15(11)7-10)9-1-2-12(21)14(23)5-9/h1-2,5-7,16,19-23H,3-4,8H2,(H,24,25). The number of phenols is 4. The van der Waals surface area contributed by atoms with Gasteiger partial charge < -0.3 is 35.0 Å². The van der Waals surface area contributed by atoms with Gasteiger partial charge in [0.1, 0.15) is 23.4 Å². The maximum atomic E-state index is 12.0. The fourth-order valence-corrected chi connectivity index (χ4v) is 2.99. The molecule has 0 saturated carbocycles. The topological polar surface area (TPSA) is 154 Å². The Bertz CT molecular complexity index is 922. The van der Waals surface area contributed by atoms with Gasteiger partial charge in [-0.05, 0) is 12.1 Å². The largest absolute Gasteiger partial charge is 0.508 e. The normalized spacial score (nSPS) is 18.0. The summed E-state index contributed by atoms with van der Waals surface area (Å²) in [6.45, 7) is 0. The van der Waals surface area contributed by atoms with Gasteiger partial charge in [0.05, 0.1) is 12.8 Å². The highest BCUT2D eigenvalue weighted by molar-refractivity contribution is 5.76. The van der Waals surface area contributed by atoms with E-state index in [1.807, 2.05) is 0 Å². The van der Waals surface area contributed by atoms with Crippen molar-refractivity contribution in [3.8, 4) is 28.7 Å². The highest BCUT2D eigenvalue weighted by atomic mass is 16.6. The van der Waals surface area contributed by atoms with Crippen LogP contribution in [-0.4, -0.2) is 43.6 Å². The molecule has 0 saturated heterocycles. The molecule has 0 radical (unpaired) electrons. The molecule has 0 amide bonds. The Hall–Kier alpha value is -3.62. The number of hydrogen-bond acceptors (Lipinski definition) is 8. The lowest BCUT2D eigenvalue weighted by molar-refractivity contribution is -0.157. The second-order valence-electron chi connectivity index (χ2n) is 6.35. The van der Waals surface area contributed by atoms with E-state index in [-0.39, 0.29) is 35.8 Å². The van der Waals surface area contributed by atoms with E-state index >= 15 is 0 Å². The molecule has 2 aromatic rings. The number of carbonyl (C=O) groups excluding carboxylic acids is 1. The van der Waals surface area contributed by atoms with Gasteiger partial charge in [-0.1, -0.05) is 6.07 Å². The summed E-state index contributed by atoms with van der Waals surface area (Å²) >= 11 is 0. The Balaban J connectivity index is 1.93. The van der Waals surface area contributed by atoms with E-state index in [1.54, 1.807) is 0 Å². The molecule has 148 valence electrons. The molecule has 0 fully saturated rings. The van der Waals surface area contributed by atoms with Crippen LogP contribution in [0, 0.1) is 0 Å². The van der Waals surface area contributed by atoms with Crippen LogP contribution >= 0.6 is 0 Å². The average molecular weight is 390 g/mol. The number of aromatic hydroxyl groups is 4. The summed E-state index contributed by atoms with van der Waals surface area (Å²) in [6.07, 6.45) is -2.56. The van der Waals surface area contributed by atoms with Crippen molar-refractivity contribution < 1.29 is 44.6 Å². The number of fused-ring (bicyclic) bond motifs is 1. The number of aliphatic carboxylic acids is 1. The van der Waals surface area contributed by atoms with Crippen molar-refractivity contribution in [3.05, 3.63) is 41.5 Å². The first-order valence-electron chi connectivity index (χ1n) is 8.39. The SMILES string of the molecule is O=C(O)CCC(=O)OC1Cc2c(O)cc(O)cc2OC1c1ccc(O)c(O)c1. The Kier molecular flexibility index (Phi) is 5.16. The lowest BCUT2D eigenvalue weighted by Crippen LogP contribution is -2.34. The van der Waals surface area contributed by atoms with E-state index in [0.29, 0.717) is 11.1 Å². The third-order valence-corrected chi connectivity index (χ3v) is 4.32. The minimum atomic E-state index is -1.14. The summed E-state index contributed by atoms with van der Waals surface area (Å²) in [6, 6.07) is 6.37. The van der Waals surface area contributed by atoms with Gasteiger partial charge in [0.25, 0.3) is 0 Å². The summed E-state index contributed by atoms with van der Waals surface area (Å²) < 4.78 is 11.2. The molecule has 5 N–H and O–H groups in total. The molecule has 2 atom stereocenters. The molecule has 0 spiro atoms. The summed E-state index contributed by atoms with van der Waals surface area (Å²) in [7, 11) is 0. The number of esters is 1. The van der Waals surface area contributed by atoms with Crippen LogP contribution in [0.3, 0.4) is 0 Å². The van der Waals surface area contributed by atoms with Gasteiger partial charge in [0, 0.05) is 29.7 Å². The van der Waals surface area contributed by atoms with Crippen molar-refractivity contribution in [2.75, 3.05) is 0 Å². The van der Waals surface area contributed by atoms with Crippen LogP contribution in [0.1, 0.15) is 30.1 Å². The van der Waals surface area contributed by atoms with Gasteiger partial charge in [0.15, 0.2) is 17.6 Å². The summed E-state index contributed by atoms with van der Waals surface area (Å²) in [5.41, 5.74) is 0.688. The predicted molar refractivity (Wildman–Crippen MR) is 93.4 cm³/mol. The first-order chi connectivity index (χ1) is 13.2. The van der Waals surface area contributed by atoms with Crippen LogP contribution in [0.25, 0.3) is 0 Å². The fraction of sp³-hybridized carbons (Fsp3) is 0.263. The number of carbonyl (C=O) groups is 2. The zero-order valence-corrected chi connectivity index (χ0v) is 14.5. The van der Waals surface area contributed by atoms with Crippen LogP contribution < -0.4 is 4.74 Å². The second kappa shape index (κ2) is 7.55. The van der Waals surface area contributed by atoms with Crippen LogP contribution in [0.4, 0.5) is 0 Å². The second-order valence-corrected chi connectivity index (χ2v) is 6.35. The van der Waals surface area contributed by atoms with Crippen LogP contribution in [-0.2, 0) is 20.7 Å². The number of rotatable bonds is 5. The third kappa shape index (κ3) is 4.03. The summed E-state index contributed by atoms with van der Waals surface area (Å²) in [5, 5.41) is 47.7. The number of phenolic OH excluding ortho intramolecular Hbond substituents is 4. The number of benzene rings is 2. The molecule has 0 bridgehead atoms. The number of carboxylic acid groups (broad SMARTS) is 1. The molecular weight excluding hydrogens is 372 g/mol. The molecule has 0 aromatic heterocycles.